The molecule has 3 heteroatoms. The van der Waals surface area contributed by atoms with E-state index in [1.165, 1.54) is 5.56 Å². The number of halogens is 1. The van der Waals surface area contributed by atoms with Gasteiger partial charge in [-0.15, -0.1) is 0 Å². The number of nitrogens with one attached hydrogen (secondary N) is 1. The number of hydrogen-bond acceptors (Lipinski definition) is 2. The maximum atomic E-state index is 9.04. The van der Waals surface area contributed by atoms with E-state index in [1.807, 2.05) is 6.07 Å². The summed E-state index contributed by atoms with van der Waals surface area (Å²) in [5, 5.41) is 12.5. The highest BCUT2D eigenvalue weighted by atomic mass is 79.9. The van der Waals surface area contributed by atoms with Gasteiger partial charge in [-0.2, -0.15) is 5.26 Å². The van der Waals surface area contributed by atoms with Crippen LogP contribution in [0.1, 0.15) is 24.8 Å². The molecule has 2 nitrogen and oxygen atoms in total. The molecular weight excluding hydrogens is 264 g/mol. The van der Waals surface area contributed by atoms with Crippen LogP contribution in [0.3, 0.4) is 0 Å². The van der Waals surface area contributed by atoms with Crippen LogP contribution < -0.4 is 5.32 Å². The molecule has 1 aliphatic rings. The Balaban J connectivity index is 2.15. The van der Waals surface area contributed by atoms with Crippen molar-refractivity contribution in [2.45, 2.75) is 32.2 Å². The molecule has 1 aromatic carbocycles. The first kappa shape index (κ1) is 11.5. The van der Waals surface area contributed by atoms with E-state index in [4.69, 9.17) is 5.26 Å². The van der Waals surface area contributed by atoms with Gasteiger partial charge in [0.1, 0.15) is 0 Å². The molecular formula is C13H15BrN2. The minimum absolute atomic E-state index is 0.160. The molecule has 1 N–H and O–H groups in total. The van der Waals surface area contributed by atoms with Gasteiger partial charge in [0.2, 0.25) is 0 Å². The minimum Gasteiger partial charge on any atom is -0.380 e. The van der Waals surface area contributed by atoms with Crippen molar-refractivity contribution in [2.75, 3.05) is 5.32 Å². The Bertz CT molecular complexity index is 422. The summed E-state index contributed by atoms with van der Waals surface area (Å²) >= 11 is 3.58. The van der Waals surface area contributed by atoms with Crippen LogP contribution in [-0.2, 0) is 0 Å². The van der Waals surface area contributed by atoms with Crippen molar-refractivity contribution in [1.82, 2.24) is 0 Å². The smallest absolute Gasteiger partial charge is 0.0677 e. The highest BCUT2D eigenvalue weighted by molar-refractivity contribution is 9.10. The third-order valence-corrected chi connectivity index (χ3v) is 4.27. The maximum Gasteiger partial charge on any atom is 0.0677 e. The summed E-state index contributed by atoms with van der Waals surface area (Å²) in [6.07, 6.45) is 3.27. The van der Waals surface area contributed by atoms with Crippen LogP contribution in [0.5, 0.6) is 0 Å². The van der Waals surface area contributed by atoms with Crippen LogP contribution in [0.2, 0.25) is 0 Å². The molecule has 0 saturated heterocycles. The van der Waals surface area contributed by atoms with E-state index in [0.717, 1.165) is 29.4 Å². The van der Waals surface area contributed by atoms with Gasteiger partial charge in [-0.25, -0.2) is 0 Å². The van der Waals surface area contributed by atoms with E-state index in [9.17, 15) is 0 Å². The van der Waals surface area contributed by atoms with Crippen LogP contribution in [0.4, 0.5) is 5.69 Å². The fraction of sp³-hybridized carbons (Fsp3) is 0.462. The summed E-state index contributed by atoms with van der Waals surface area (Å²) in [6, 6.07) is 8.87. The molecule has 0 aromatic heterocycles. The van der Waals surface area contributed by atoms with Gasteiger partial charge in [-0.05, 0) is 53.7 Å². The van der Waals surface area contributed by atoms with E-state index < -0.39 is 0 Å². The van der Waals surface area contributed by atoms with Gasteiger partial charge < -0.3 is 5.32 Å². The molecule has 2 atom stereocenters. The quantitative estimate of drug-likeness (QED) is 0.892. The number of anilines is 1. The summed E-state index contributed by atoms with van der Waals surface area (Å²) in [7, 11) is 0. The lowest BCUT2D eigenvalue weighted by atomic mass is 10.1. The Morgan fingerprint density at radius 2 is 2.25 bits per heavy atom. The number of benzene rings is 1. The number of hydrogen-bond donors (Lipinski definition) is 1. The summed E-state index contributed by atoms with van der Waals surface area (Å²) in [5.74, 6) is 0.160. The predicted molar refractivity (Wildman–Crippen MR) is 69.2 cm³/mol. The van der Waals surface area contributed by atoms with Gasteiger partial charge in [0.05, 0.1) is 12.0 Å². The Kier molecular flexibility index (Phi) is 3.50. The zero-order valence-electron chi connectivity index (χ0n) is 9.33. The highest BCUT2D eigenvalue weighted by Crippen LogP contribution is 2.32. The second-order valence-corrected chi connectivity index (χ2v) is 5.15. The van der Waals surface area contributed by atoms with Gasteiger partial charge in [-0.3, -0.25) is 0 Å². The lowest BCUT2D eigenvalue weighted by Crippen LogP contribution is -2.23. The van der Waals surface area contributed by atoms with E-state index in [0.29, 0.717) is 6.04 Å². The van der Waals surface area contributed by atoms with Crippen molar-refractivity contribution >= 4 is 21.6 Å². The molecule has 0 heterocycles. The molecule has 0 spiro atoms. The Labute approximate surface area is 105 Å². The topological polar surface area (TPSA) is 35.8 Å². The summed E-state index contributed by atoms with van der Waals surface area (Å²) in [4.78, 5) is 0. The van der Waals surface area contributed by atoms with Crippen LogP contribution in [0.15, 0.2) is 22.7 Å². The predicted octanol–water partition coefficient (Wildman–Crippen LogP) is 3.86. The van der Waals surface area contributed by atoms with E-state index >= 15 is 0 Å². The van der Waals surface area contributed by atoms with Crippen molar-refractivity contribution in [2.24, 2.45) is 5.92 Å². The summed E-state index contributed by atoms with van der Waals surface area (Å²) < 4.78 is 1.11. The van der Waals surface area contributed by atoms with Crippen molar-refractivity contribution in [1.29, 1.82) is 5.26 Å². The molecule has 2 unspecified atom stereocenters. The Morgan fingerprint density at radius 1 is 1.44 bits per heavy atom. The molecule has 16 heavy (non-hydrogen) atoms. The van der Waals surface area contributed by atoms with Gasteiger partial charge in [0.25, 0.3) is 0 Å². The Hall–Kier alpha value is -1.01. The highest BCUT2D eigenvalue weighted by Gasteiger charge is 2.27. The molecule has 1 aromatic rings. The molecule has 0 bridgehead atoms. The zero-order valence-corrected chi connectivity index (χ0v) is 10.9. The van der Waals surface area contributed by atoms with Gasteiger partial charge >= 0.3 is 0 Å². The van der Waals surface area contributed by atoms with Crippen LogP contribution in [0.25, 0.3) is 0 Å². The van der Waals surface area contributed by atoms with E-state index in [1.54, 1.807) is 0 Å². The Morgan fingerprint density at radius 3 is 3.00 bits per heavy atom. The molecule has 0 radical (unpaired) electrons. The summed E-state index contributed by atoms with van der Waals surface area (Å²) in [5.41, 5.74) is 2.32. The largest absolute Gasteiger partial charge is 0.380 e. The van der Waals surface area contributed by atoms with Crippen LogP contribution in [-0.4, -0.2) is 6.04 Å². The van der Waals surface area contributed by atoms with Gasteiger partial charge in [-0.1, -0.05) is 12.1 Å². The number of aryl methyl sites for hydroxylation is 1. The fourth-order valence-electron chi connectivity index (χ4n) is 2.25. The zero-order chi connectivity index (χ0) is 11.5. The maximum absolute atomic E-state index is 9.04. The fourth-order valence-corrected chi connectivity index (χ4v) is 2.62. The lowest BCUT2D eigenvalue weighted by Gasteiger charge is -2.18. The average molecular weight is 279 g/mol. The molecule has 84 valence electrons. The van der Waals surface area contributed by atoms with Crippen molar-refractivity contribution in [3.05, 3.63) is 28.2 Å². The third kappa shape index (κ3) is 2.22. The second kappa shape index (κ2) is 4.88. The van der Waals surface area contributed by atoms with E-state index in [-0.39, 0.29) is 5.92 Å². The number of rotatable bonds is 2. The molecule has 0 aliphatic heterocycles. The molecule has 2 rings (SSSR count). The van der Waals surface area contributed by atoms with Crippen molar-refractivity contribution in [3.63, 3.8) is 0 Å². The molecule has 1 aliphatic carbocycles. The number of nitriles is 1. The standard InChI is InChI=1S/C13H15BrN2/c1-9-4-2-7-12(13(9)14)16-11-6-3-5-10(11)8-15/h2,4,7,10-11,16H,3,5-6H2,1H3. The lowest BCUT2D eigenvalue weighted by molar-refractivity contribution is 0.629. The van der Waals surface area contributed by atoms with Crippen molar-refractivity contribution in [3.8, 4) is 6.07 Å². The van der Waals surface area contributed by atoms with Gasteiger partial charge in [0, 0.05) is 16.2 Å². The monoisotopic (exact) mass is 278 g/mol. The van der Waals surface area contributed by atoms with E-state index in [2.05, 4.69) is 46.4 Å². The normalized spacial score (nSPS) is 24.1. The van der Waals surface area contributed by atoms with Gasteiger partial charge in [0.15, 0.2) is 0 Å². The first-order valence-electron chi connectivity index (χ1n) is 5.63. The average Bonchev–Trinajstić information content (AvgIpc) is 2.72. The molecule has 0 amide bonds. The van der Waals surface area contributed by atoms with Crippen LogP contribution >= 0.6 is 15.9 Å². The summed E-state index contributed by atoms with van der Waals surface area (Å²) in [6.45, 7) is 2.08. The first-order chi connectivity index (χ1) is 7.72. The molecule has 1 fully saturated rings. The minimum atomic E-state index is 0.160. The second-order valence-electron chi connectivity index (χ2n) is 4.35. The van der Waals surface area contributed by atoms with Crippen LogP contribution in [0, 0.1) is 24.2 Å². The third-order valence-electron chi connectivity index (χ3n) is 3.21. The van der Waals surface area contributed by atoms with Crippen molar-refractivity contribution < 1.29 is 0 Å². The molecule has 1 saturated carbocycles. The number of nitrogens with zero attached hydrogens (tertiary/aromatic N) is 1. The first-order valence-corrected chi connectivity index (χ1v) is 6.43. The SMILES string of the molecule is Cc1cccc(NC2CCCC2C#N)c1Br.